The van der Waals surface area contributed by atoms with Crippen molar-refractivity contribution in [3.63, 3.8) is 0 Å². The Kier molecular flexibility index (Phi) is 7.20. The summed E-state index contributed by atoms with van der Waals surface area (Å²) in [6.45, 7) is 0. The zero-order valence-corrected chi connectivity index (χ0v) is 10.2. The molecule has 0 aromatic carbocycles. The van der Waals surface area contributed by atoms with Crippen LogP contribution in [0.15, 0.2) is 18.3 Å². The Labute approximate surface area is 77.0 Å². The second-order valence-corrected chi connectivity index (χ2v) is 1.30. The van der Waals surface area contributed by atoms with E-state index in [1.165, 1.54) is 16.3 Å². The maximum atomic E-state index is 4.78. The fourth-order valence-corrected chi connectivity index (χ4v) is 0.427. The number of aromatic nitrogens is 1. The number of methoxy groups -OCH3 is 1. The van der Waals surface area contributed by atoms with Crippen LogP contribution >= 0.6 is 13.6 Å². The van der Waals surface area contributed by atoms with Crippen LogP contribution in [0.1, 0.15) is 0 Å². The van der Waals surface area contributed by atoms with E-state index in [0.29, 0.717) is 5.88 Å². The molecule has 0 atom stereocenters. The first kappa shape index (κ1) is 10.1. The van der Waals surface area contributed by atoms with Crippen molar-refractivity contribution in [1.82, 2.24) is 4.98 Å². The number of ether oxygens (including phenoxy) is 1. The molecule has 0 radical (unpaired) electrons. The first-order valence-electron chi connectivity index (χ1n) is 2.56. The van der Waals surface area contributed by atoms with Crippen LogP contribution in [0.5, 0.6) is 5.88 Å². The summed E-state index contributed by atoms with van der Waals surface area (Å²) in [6.07, 6.45) is 1.57. The van der Waals surface area contributed by atoms with Gasteiger partial charge in [0.05, 0.1) is 7.11 Å². The summed E-state index contributed by atoms with van der Waals surface area (Å²) in [5.74, 6) is 0.628. The molecule has 0 spiro atoms. The van der Waals surface area contributed by atoms with Crippen molar-refractivity contribution >= 4 is 13.6 Å². The molecule has 2 nitrogen and oxygen atoms in total. The van der Waals surface area contributed by atoms with E-state index < -0.39 is 0 Å². The average Bonchev–Trinajstić information content (AvgIpc) is 2.10. The second-order valence-electron chi connectivity index (χ2n) is 1.30. The molecular formula is C6H6BrNOZn. The molecule has 0 aliphatic heterocycles. The third kappa shape index (κ3) is 3.96. The molecule has 4 heteroatoms. The molecule has 0 bridgehead atoms. The Balaban J connectivity index is 0.000000371. The molecule has 0 saturated carbocycles. The van der Waals surface area contributed by atoms with Crippen molar-refractivity contribution in [2.75, 3.05) is 7.11 Å². The van der Waals surface area contributed by atoms with Crippen molar-refractivity contribution in [2.24, 2.45) is 0 Å². The normalized spacial score (nSPS) is 7.60. The van der Waals surface area contributed by atoms with Crippen LogP contribution < -0.4 is 4.74 Å². The molecular weight excluding hydrogens is 247 g/mol. The van der Waals surface area contributed by atoms with Gasteiger partial charge >= 0.3 is 30.0 Å². The second kappa shape index (κ2) is 7.16. The van der Waals surface area contributed by atoms with Gasteiger partial charge in [-0.25, -0.2) is 12.1 Å². The molecule has 1 aromatic heterocycles. The van der Waals surface area contributed by atoms with Gasteiger partial charge in [-0.15, -0.1) is 6.07 Å². The van der Waals surface area contributed by atoms with Crippen LogP contribution in [0.4, 0.5) is 0 Å². The van der Waals surface area contributed by atoms with E-state index in [2.05, 4.69) is 24.7 Å². The van der Waals surface area contributed by atoms with E-state index in [1.54, 1.807) is 25.4 Å². The summed E-state index contributed by atoms with van der Waals surface area (Å²) >= 11 is 4.25. The molecule has 1 heterocycles. The fraction of sp³-hybridized carbons (Fsp3) is 0.167. The number of rotatable bonds is 1. The molecule has 1 aromatic rings. The number of pyridine rings is 1. The standard InChI is InChI=1S/C6H6NO.BrH.Zn/c1-8-6-4-2-3-5-7-6;;/h2,4-5H,1H3;1H;/q-1;;+2/p-1. The first-order valence-corrected chi connectivity index (χ1v) is 9.51. The van der Waals surface area contributed by atoms with E-state index in [0.717, 1.165) is 0 Å². The van der Waals surface area contributed by atoms with Gasteiger partial charge in [-0.05, 0) is 0 Å². The molecule has 0 aliphatic rings. The van der Waals surface area contributed by atoms with Gasteiger partial charge in [0.15, 0.2) is 0 Å². The summed E-state index contributed by atoms with van der Waals surface area (Å²) in [6, 6.07) is 6.28. The Bertz CT molecular complexity index is 159. The fourth-order valence-electron chi connectivity index (χ4n) is 0.427. The summed E-state index contributed by atoms with van der Waals surface area (Å²) in [7, 11) is 1.59. The van der Waals surface area contributed by atoms with E-state index >= 15 is 0 Å². The number of hydrogen-bond donors (Lipinski definition) is 0. The molecule has 0 N–H and O–H groups in total. The minimum atomic E-state index is 0.628. The van der Waals surface area contributed by atoms with Gasteiger partial charge in [-0.3, -0.25) is 4.98 Å². The minimum absolute atomic E-state index is 0.628. The van der Waals surface area contributed by atoms with Crippen molar-refractivity contribution in [1.29, 1.82) is 0 Å². The van der Waals surface area contributed by atoms with Crippen molar-refractivity contribution in [3.8, 4) is 5.88 Å². The van der Waals surface area contributed by atoms with Gasteiger partial charge in [-0.1, -0.05) is 6.20 Å². The molecule has 10 heavy (non-hydrogen) atoms. The van der Waals surface area contributed by atoms with Gasteiger partial charge in [0, 0.05) is 0 Å². The summed E-state index contributed by atoms with van der Waals surface area (Å²) in [5.41, 5.74) is 0. The van der Waals surface area contributed by atoms with Gasteiger partial charge in [-0.2, -0.15) is 0 Å². The van der Waals surface area contributed by atoms with Gasteiger partial charge in [0.25, 0.3) is 0 Å². The first-order chi connectivity index (χ1) is 4.93. The third-order valence-electron chi connectivity index (χ3n) is 0.798. The number of halogens is 1. The number of nitrogens with zero attached hydrogens (tertiary/aromatic N) is 1. The predicted octanol–water partition coefficient (Wildman–Crippen LogP) is 1.73. The topological polar surface area (TPSA) is 22.1 Å². The van der Waals surface area contributed by atoms with Gasteiger partial charge < -0.3 is 4.74 Å². The van der Waals surface area contributed by atoms with Crippen molar-refractivity contribution in [2.45, 2.75) is 0 Å². The molecule has 0 saturated heterocycles. The van der Waals surface area contributed by atoms with Gasteiger partial charge in [0.1, 0.15) is 5.88 Å². The van der Waals surface area contributed by atoms with E-state index in [-0.39, 0.29) is 0 Å². The Hall–Kier alpha value is 0.0534. The maximum absolute atomic E-state index is 4.78. The monoisotopic (exact) mass is 251 g/mol. The molecule has 0 aliphatic carbocycles. The Morgan fingerprint density at radius 2 is 2.40 bits per heavy atom. The third-order valence-corrected chi connectivity index (χ3v) is 0.798. The molecule has 0 amide bonds. The average molecular weight is 253 g/mol. The molecule has 0 unspecified atom stereocenters. The van der Waals surface area contributed by atoms with Crippen LogP contribution in [0.2, 0.25) is 0 Å². The van der Waals surface area contributed by atoms with Crippen LogP contribution in [0.3, 0.4) is 0 Å². The van der Waals surface area contributed by atoms with Crippen LogP contribution in [0.25, 0.3) is 0 Å². The van der Waals surface area contributed by atoms with Gasteiger partial charge in [0.2, 0.25) is 0 Å². The van der Waals surface area contributed by atoms with Crippen molar-refractivity contribution in [3.05, 3.63) is 24.4 Å². The molecule has 50 valence electrons. The Morgan fingerprint density at radius 3 is 2.70 bits per heavy atom. The van der Waals surface area contributed by atoms with E-state index in [9.17, 15) is 0 Å². The van der Waals surface area contributed by atoms with Crippen LogP contribution in [-0.4, -0.2) is 12.1 Å². The quantitative estimate of drug-likeness (QED) is 0.562. The molecule has 0 fully saturated rings. The zero-order chi connectivity index (χ0) is 7.82. The Morgan fingerprint density at radius 1 is 1.70 bits per heavy atom. The summed E-state index contributed by atoms with van der Waals surface area (Å²) in [5, 5.41) is 0. The summed E-state index contributed by atoms with van der Waals surface area (Å²) in [4.78, 5) is 3.82. The van der Waals surface area contributed by atoms with Crippen molar-refractivity contribution < 1.29 is 21.1 Å². The summed E-state index contributed by atoms with van der Waals surface area (Å²) < 4.78 is 4.78. The van der Waals surface area contributed by atoms with Crippen LogP contribution in [-0.2, 0) is 16.3 Å². The van der Waals surface area contributed by atoms with E-state index in [4.69, 9.17) is 4.74 Å². The number of hydrogen-bond acceptors (Lipinski definition) is 2. The SMILES string of the molecule is COc1cc[c-]cn1.[Zn+][Br]. The van der Waals surface area contributed by atoms with E-state index in [1.807, 2.05) is 0 Å². The van der Waals surface area contributed by atoms with Crippen LogP contribution in [0, 0.1) is 6.07 Å². The predicted molar refractivity (Wildman–Crippen MR) is 38.6 cm³/mol. The zero-order valence-electron chi connectivity index (χ0n) is 5.67. The molecule has 1 rings (SSSR count).